The van der Waals surface area contributed by atoms with Gasteiger partial charge in [-0.2, -0.15) is 0 Å². The Morgan fingerprint density at radius 1 is 1.17 bits per heavy atom. The van der Waals surface area contributed by atoms with Crippen molar-refractivity contribution in [3.05, 3.63) is 53.6 Å². The molecule has 6 nitrogen and oxygen atoms in total. The van der Waals surface area contributed by atoms with Crippen LogP contribution in [0.4, 0.5) is 13.9 Å². The molecule has 0 radical (unpaired) electrons. The number of likely N-dealkylation sites (N-methyl/N-ethyl adjacent to an activating group) is 1. The Morgan fingerprint density at radius 2 is 1.97 bits per heavy atom. The zero-order valence-corrected chi connectivity index (χ0v) is 17.2. The number of benzene rings is 2. The van der Waals surface area contributed by atoms with Gasteiger partial charge in [-0.1, -0.05) is 17.4 Å². The van der Waals surface area contributed by atoms with E-state index in [0.29, 0.717) is 34.4 Å². The molecule has 0 aliphatic carbocycles. The van der Waals surface area contributed by atoms with Gasteiger partial charge in [-0.3, -0.25) is 9.69 Å². The highest BCUT2D eigenvalue weighted by atomic mass is 32.1. The molecule has 0 spiro atoms. The summed E-state index contributed by atoms with van der Waals surface area (Å²) in [6.45, 7) is 1.10. The first-order chi connectivity index (χ1) is 14.4. The van der Waals surface area contributed by atoms with Gasteiger partial charge in [0.15, 0.2) is 22.4 Å². The molecule has 0 atom stereocenters. The molecule has 9 heteroatoms. The monoisotopic (exact) mass is 431 g/mol. The van der Waals surface area contributed by atoms with Crippen LogP contribution in [0.15, 0.2) is 36.4 Å². The Kier molecular flexibility index (Phi) is 5.65. The molecule has 0 fully saturated rings. The fourth-order valence-electron chi connectivity index (χ4n) is 2.94. The summed E-state index contributed by atoms with van der Waals surface area (Å²) < 4.78 is 38.6. The first kappa shape index (κ1) is 20.2. The van der Waals surface area contributed by atoms with Gasteiger partial charge in [0.1, 0.15) is 11.3 Å². The Hall–Kier alpha value is -3.04. The number of hydrogen-bond acceptors (Lipinski definition) is 6. The van der Waals surface area contributed by atoms with E-state index >= 15 is 0 Å². The van der Waals surface area contributed by atoms with Crippen LogP contribution in [0.25, 0.3) is 16.3 Å². The lowest BCUT2D eigenvalue weighted by Gasteiger charge is -2.20. The van der Waals surface area contributed by atoms with Gasteiger partial charge in [0.25, 0.3) is 5.91 Å². The van der Waals surface area contributed by atoms with Gasteiger partial charge in [-0.25, -0.2) is 13.8 Å². The number of halogens is 2. The minimum absolute atomic E-state index is 0.0544. The average Bonchev–Trinajstić information content (AvgIpc) is 3.32. The molecule has 1 amide bonds. The highest BCUT2D eigenvalue weighted by Crippen LogP contribution is 2.33. The van der Waals surface area contributed by atoms with E-state index < -0.39 is 11.6 Å². The SMILES string of the molecule is CN(C)CCN(C(=O)C=Cc1ccc2c(c1)OCO2)c1nc2c(F)cc(F)cc2s1. The molecule has 0 unspecified atom stereocenters. The molecule has 1 aliphatic rings. The van der Waals surface area contributed by atoms with Crippen molar-refractivity contribution in [3.8, 4) is 11.5 Å². The number of amides is 1. The molecular weight excluding hydrogens is 412 g/mol. The number of ether oxygens (including phenoxy) is 2. The molecule has 3 aromatic rings. The second-order valence-electron chi connectivity index (χ2n) is 6.97. The summed E-state index contributed by atoms with van der Waals surface area (Å²) in [5.41, 5.74) is 0.830. The van der Waals surface area contributed by atoms with Crippen molar-refractivity contribution in [1.82, 2.24) is 9.88 Å². The van der Waals surface area contributed by atoms with Gasteiger partial charge in [0.05, 0.1) is 4.70 Å². The Morgan fingerprint density at radius 3 is 2.77 bits per heavy atom. The van der Waals surface area contributed by atoms with Crippen molar-refractivity contribution in [2.24, 2.45) is 0 Å². The number of thiazole rings is 1. The fraction of sp³-hybridized carbons (Fsp3) is 0.238. The van der Waals surface area contributed by atoms with Crippen LogP contribution >= 0.6 is 11.3 Å². The summed E-state index contributed by atoms with van der Waals surface area (Å²) >= 11 is 1.08. The smallest absolute Gasteiger partial charge is 0.252 e. The van der Waals surface area contributed by atoms with Crippen molar-refractivity contribution < 1.29 is 23.0 Å². The summed E-state index contributed by atoms with van der Waals surface area (Å²) in [7, 11) is 3.77. The van der Waals surface area contributed by atoms with Gasteiger partial charge in [0.2, 0.25) is 6.79 Å². The zero-order chi connectivity index (χ0) is 21.3. The molecule has 2 heterocycles. The van der Waals surface area contributed by atoms with Crippen LogP contribution in [-0.4, -0.2) is 49.8 Å². The summed E-state index contributed by atoms with van der Waals surface area (Å²) in [5, 5.41) is 0.316. The van der Waals surface area contributed by atoms with Crippen molar-refractivity contribution in [1.29, 1.82) is 0 Å². The normalized spacial score (nSPS) is 13.0. The number of nitrogens with zero attached hydrogens (tertiary/aromatic N) is 3. The molecule has 1 aliphatic heterocycles. The fourth-order valence-corrected chi connectivity index (χ4v) is 3.97. The van der Waals surface area contributed by atoms with Gasteiger partial charge in [0, 0.05) is 25.2 Å². The topological polar surface area (TPSA) is 54.9 Å². The number of fused-ring (bicyclic) bond motifs is 2. The van der Waals surface area contributed by atoms with E-state index in [-0.39, 0.29) is 18.2 Å². The molecule has 0 saturated heterocycles. The first-order valence-corrected chi connectivity index (χ1v) is 10.0. The van der Waals surface area contributed by atoms with Gasteiger partial charge in [-0.15, -0.1) is 0 Å². The van der Waals surface area contributed by atoms with E-state index in [1.165, 1.54) is 17.0 Å². The van der Waals surface area contributed by atoms with Gasteiger partial charge >= 0.3 is 0 Å². The van der Waals surface area contributed by atoms with Crippen LogP contribution in [0.3, 0.4) is 0 Å². The Bertz CT molecular complexity index is 1130. The number of hydrogen-bond donors (Lipinski definition) is 0. The van der Waals surface area contributed by atoms with Gasteiger partial charge < -0.3 is 14.4 Å². The molecular formula is C21H19F2N3O3S. The van der Waals surface area contributed by atoms with E-state index in [1.54, 1.807) is 18.2 Å². The maximum Gasteiger partial charge on any atom is 0.252 e. The van der Waals surface area contributed by atoms with Crippen molar-refractivity contribution in [2.75, 3.05) is 38.9 Å². The van der Waals surface area contributed by atoms with E-state index in [0.717, 1.165) is 23.0 Å². The molecule has 1 aromatic heterocycles. The first-order valence-electron chi connectivity index (χ1n) is 9.20. The molecule has 4 rings (SSSR count). The third-order valence-corrected chi connectivity index (χ3v) is 5.51. The third kappa shape index (κ3) is 4.27. The lowest BCUT2D eigenvalue weighted by atomic mass is 10.2. The van der Waals surface area contributed by atoms with E-state index in [9.17, 15) is 13.6 Å². The van der Waals surface area contributed by atoms with Gasteiger partial charge in [-0.05, 0) is 43.9 Å². The maximum absolute atomic E-state index is 14.1. The van der Waals surface area contributed by atoms with Crippen LogP contribution in [-0.2, 0) is 4.79 Å². The maximum atomic E-state index is 14.1. The van der Waals surface area contributed by atoms with Crippen LogP contribution in [0, 0.1) is 11.6 Å². The summed E-state index contributed by atoms with van der Waals surface area (Å²) in [4.78, 5) is 20.6. The number of anilines is 1. The van der Waals surface area contributed by atoms with Crippen LogP contribution < -0.4 is 14.4 Å². The highest BCUT2D eigenvalue weighted by molar-refractivity contribution is 7.22. The molecule has 0 saturated carbocycles. The lowest BCUT2D eigenvalue weighted by Crippen LogP contribution is -2.35. The lowest BCUT2D eigenvalue weighted by molar-refractivity contribution is -0.114. The van der Waals surface area contributed by atoms with Crippen LogP contribution in [0.5, 0.6) is 11.5 Å². The summed E-state index contributed by atoms with van der Waals surface area (Å²) in [6.07, 6.45) is 3.09. The summed E-state index contributed by atoms with van der Waals surface area (Å²) in [6, 6.07) is 7.39. The van der Waals surface area contributed by atoms with Crippen molar-refractivity contribution in [3.63, 3.8) is 0 Å². The standard InChI is InChI=1S/C21H19F2N3O3S/c1-25(2)7-8-26(21-24-20-15(23)10-14(22)11-18(20)30-21)19(27)6-4-13-3-5-16-17(9-13)29-12-28-16/h3-6,9-11H,7-8,12H2,1-2H3. The third-order valence-electron chi connectivity index (χ3n) is 4.48. The van der Waals surface area contributed by atoms with E-state index in [2.05, 4.69) is 4.98 Å². The second kappa shape index (κ2) is 8.37. The summed E-state index contributed by atoms with van der Waals surface area (Å²) in [5.74, 6) is -0.450. The molecule has 156 valence electrons. The Labute approximate surface area is 175 Å². The number of rotatable bonds is 6. The number of carbonyl (C=O) groups is 1. The predicted octanol–water partition coefficient (Wildman–Crippen LogP) is 3.91. The minimum atomic E-state index is -0.747. The second-order valence-corrected chi connectivity index (χ2v) is 7.98. The number of aromatic nitrogens is 1. The number of carbonyl (C=O) groups excluding carboxylic acids is 1. The van der Waals surface area contributed by atoms with Crippen LogP contribution in [0.1, 0.15) is 5.56 Å². The zero-order valence-electron chi connectivity index (χ0n) is 16.4. The molecule has 0 N–H and O–H groups in total. The van der Waals surface area contributed by atoms with Crippen molar-refractivity contribution >= 4 is 38.7 Å². The average molecular weight is 431 g/mol. The van der Waals surface area contributed by atoms with E-state index in [1.807, 2.05) is 25.1 Å². The van der Waals surface area contributed by atoms with Crippen LogP contribution in [0.2, 0.25) is 0 Å². The molecule has 2 aromatic carbocycles. The predicted molar refractivity (Wildman–Crippen MR) is 112 cm³/mol. The molecule has 30 heavy (non-hydrogen) atoms. The minimum Gasteiger partial charge on any atom is -0.454 e. The highest BCUT2D eigenvalue weighted by Gasteiger charge is 2.20. The van der Waals surface area contributed by atoms with Crippen molar-refractivity contribution in [2.45, 2.75) is 0 Å². The quantitative estimate of drug-likeness (QED) is 0.554. The van der Waals surface area contributed by atoms with E-state index in [4.69, 9.17) is 9.47 Å². The Balaban J connectivity index is 1.61. The molecule has 0 bridgehead atoms. The largest absolute Gasteiger partial charge is 0.454 e.